The number of nitrogens with one attached hydrogen (secondary N) is 2. The van der Waals surface area contributed by atoms with E-state index < -0.39 is 29.7 Å². The summed E-state index contributed by atoms with van der Waals surface area (Å²) < 4.78 is 15.4. The molecule has 0 saturated carbocycles. The van der Waals surface area contributed by atoms with Crippen molar-refractivity contribution in [3.8, 4) is 0 Å². The molecule has 0 radical (unpaired) electrons. The van der Waals surface area contributed by atoms with Crippen LogP contribution in [-0.2, 0) is 30.4 Å². The molecule has 1 fully saturated rings. The highest BCUT2D eigenvalue weighted by molar-refractivity contribution is 8.00. The standard InChI is InChI=1S/C20H28N2O6S/c1-20(2,3)28-19(25)22-14(10-16-21-15(12-29-16)17(23)26-4)18(24)27-11-13-8-6-5-7-9-13/h5-9,14-16,21H,10-12H2,1-4H3,(H,22,25)/t14-,15+,16?/m1/s1. The Hall–Kier alpha value is -2.26. The second kappa shape index (κ2) is 10.5. The van der Waals surface area contributed by atoms with Crippen LogP contribution in [-0.4, -0.2) is 54.0 Å². The van der Waals surface area contributed by atoms with Crippen molar-refractivity contribution in [2.45, 2.75) is 56.9 Å². The number of methoxy groups -OCH3 is 1. The second-order valence-electron chi connectivity index (χ2n) is 7.59. The van der Waals surface area contributed by atoms with E-state index in [4.69, 9.17) is 14.2 Å². The Balaban J connectivity index is 1.99. The molecule has 1 saturated heterocycles. The predicted molar refractivity (Wildman–Crippen MR) is 109 cm³/mol. The molecule has 2 N–H and O–H groups in total. The Morgan fingerprint density at radius 1 is 1.24 bits per heavy atom. The molecule has 9 heteroatoms. The number of carbonyl (C=O) groups excluding carboxylic acids is 3. The van der Waals surface area contributed by atoms with Gasteiger partial charge in [-0.2, -0.15) is 0 Å². The van der Waals surface area contributed by atoms with Crippen molar-refractivity contribution in [1.82, 2.24) is 10.6 Å². The van der Waals surface area contributed by atoms with Gasteiger partial charge >= 0.3 is 18.0 Å². The van der Waals surface area contributed by atoms with Gasteiger partial charge in [0.1, 0.15) is 24.3 Å². The first-order chi connectivity index (χ1) is 13.7. The lowest BCUT2D eigenvalue weighted by Gasteiger charge is -2.24. The van der Waals surface area contributed by atoms with E-state index in [0.29, 0.717) is 5.75 Å². The number of esters is 2. The van der Waals surface area contributed by atoms with Crippen LogP contribution in [0, 0.1) is 0 Å². The van der Waals surface area contributed by atoms with Gasteiger partial charge in [0.15, 0.2) is 0 Å². The summed E-state index contributed by atoms with van der Waals surface area (Å²) >= 11 is 1.48. The summed E-state index contributed by atoms with van der Waals surface area (Å²) in [6.07, 6.45) is -0.461. The molecule has 1 amide bonds. The van der Waals surface area contributed by atoms with Crippen LogP contribution >= 0.6 is 11.8 Å². The third-order valence-corrected chi connectivity index (χ3v) is 5.24. The van der Waals surface area contributed by atoms with Crippen LogP contribution in [0.1, 0.15) is 32.8 Å². The summed E-state index contributed by atoms with van der Waals surface area (Å²) in [6.45, 7) is 5.32. The Kier molecular flexibility index (Phi) is 8.33. The van der Waals surface area contributed by atoms with Crippen molar-refractivity contribution in [1.29, 1.82) is 0 Å². The first kappa shape index (κ1) is 23.0. The average molecular weight is 425 g/mol. The Morgan fingerprint density at radius 3 is 2.55 bits per heavy atom. The molecule has 1 heterocycles. The minimum absolute atomic E-state index is 0.0994. The Morgan fingerprint density at radius 2 is 1.93 bits per heavy atom. The second-order valence-corrected chi connectivity index (χ2v) is 8.83. The van der Waals surface area contributed by atoms with Crippen molar-refractivity contribution in [3.05, 3.63) is 35.9 Å². The lowest BCUT2D eigenvalue weighted by Crippen LogP contribution is -2.47. The zero-order valence-electron chi connectivity index (χ0n) is 17.1. The molecule has 1 aromatic carbocycles. The summed E-state index contributed by atoms with van der Waals surface area (Å²) in [6, 6.07) is 7.90. The minimum Gasteiger partial charge on any atom is -0.468 e. The summed E-state index contributed by atoms with van der Waals surface area (Å²) in [5.41, 5.74) is 0.148. The van der Waals surface area contributed by atoms with Crippen LogP contribution in [0.15, 0.2) is 30.3 Å². The molecule has 0 aromatic heterocycles. The minimum atomic E-state index is -0.921. The molecule has 1 aliphatic rings. The quantitative estimate of drug-likeness (QED) is 0.507. The molecule has 0 spiro atoms. The van der Waals surface area contributed by atoms with Crippen molar-refractivity contribution >= 4 is 29.8 Å². The molecule has 160 valence electrons. The highest BCUT2D eigenvalue weighted by Gasteiger charge is 2.35. The summed E-state index contributed by atoms with van der Waals surface area (Å²) in [5.74, 6) is -0.401. The molecule has 2 rings (SSSR count). The van der Waals surface area contributed by atoms with E-state index in [1.165, 1.54) is 18.9 Å². The monoisotopic (exact) mass is 424 g/mol. The van der Waals surface area contributed by atoms with Crippen molar-refractivity contribution < 1.29 is 28.6 Å². The number of amides is 1. The van der Waals surface area contributed by atoms with Gasteiger partial charge in [-0.1, -0.05) is 30.3 Å². The lowest BCUT2D eigenvalue weighted by atomic mass is 10.2. The SMILES string of the molecule is COC(=O)[C@@H]1CSC(C[C@@H](NC(=O)OC(C)(C)C)C(=O)OCc2ccccc2)N1. The van der Waals surface area contributed by atoms with E-state index in [1.807, 2.05) is 30.3 Å². The predicted octanol–water partition coefficient (Wildman–Crippen LogP) is 2.22. The van der Waals surface area contributed by atoms with E-state index in [-0.39, 0.29) is 24.4 Å². The fourth-order valence-electron chi connectivity index (χ4n) is 2.65. The van der Waals surface area contributed by atoms with Gasteiger partial charge in [-0.05, 0) is 26.3 Å². The number of carbonyl (C=O) groups is 3. The maximum atomic E-state index is 12.7. The number of rotatable bonds is 7. The normalized spacial score (nSPS) is 19.9. The number of benzene rings is 1. The largest absolute Gasteiger partial charge is 0.468 e. The van der Waals surface area contributed by atoms with Gasteiger partial charge in [0.2, 0.25) is 0 Å². The third kappa shape index (κ3) is 7.94. The van der Waals surface area contributed by atoms with Crippen LogP contribution in [0.2, 0.25) is 0 Å². The van der Waals surface area contributed by atoms with E-state index in [2.05, 4.69) is 10.6 Å². The number of hydrogen-bond donors (Lipinski definition) is 2. The molecular weight excluding hydrogens is 396 g/mol. The van der Waals surface area contributed by atoms with Crippen LogP contribution < -0.4 is 10.6 Å². The molecule has 0 aliphatic carbocycles. The maximum absolute atomic E-state index is 12.7. The highest BCUT2D eigenvalue weighted by Crippen LogP contribution is 2.24. The number of hydrogen-bond acceptors (Lipinski definition) is 8. The van der Waals surface area contributed by atoms with Gasteiger partial charge in [-0.15, -0.1) is 11.8 Å². The summed E-state index contributed by atoms with van der Waals surface area (Å²) in [7, 11) is 1.33. The fourth-order valence-corrected chi connectivity index (χ4v) is 3.90. The van der Waals surface area contributed by atoms with E-state index in [1.54, 1.807) is 20.8 Å². The molecule has 1 aromatic rings. The molecule has 8 nitrogen and oxygen atoms in total. The number of ether oxygens (including phenoxy) is 3. The molecule has 0 bridgehead atoms. The van der Waals surface area contributed by atoms with Crippen molar-refractivity contribution in [2.75, 3.05) is 12.9 Å². The topological polar surface area (TPSA) is 103 Å². The van der Waals surface area contributed by atoms with Crippen LogP contribution in [0.25, 0.3) is 0 Å². The van der Waals surface area contributed by atoms with E-state index >= 15 is 0 Å². The van der Waals surface area contributed by atoms with E-state index in [0.717, 1.165) is 5.56 Å². The first-order valence-electron chi connectivity index (χ1n) is 9.33. The van der Waals surface area contributed by atoms with Crippen LogP contribution in [0.3, 0.4) is 0 Å². The van der Waals surface area contributed by atoms with Gasteiger partial charge in [-0.25, -0.2) is 9.59 Å². The summed E-state index contributed by atoms with van der Waals surface area (Å²) in [4.78, 5) is 36.5. The maximum Gasteiger partial charge on any atom is 0.408 e. The molecule has 3 atom stereocenters. The summed E-state index contributed by atoms with van der Waals surface area (Å²) in [5, 5.41) is 5.48. The smallest absolute Gasteiger partial charge is 0.408 e. The zero-order chi connectivity index (χ0) is 21.4. The number of thioether (sulfide) groups is 1. The third-order valence-electron chi connectivity index (χ3n) is 3.99. The molecule has 29 heavy (non-hydrogen) atoms. The fraction of sp³-hybridized carbons (Fsp3) is 0.550. The van der Waals surface area contributed by atoms with Crippen LogP contribution in [0.5, 0.6) is 0 Å². The highest BCUT2D eigenvalue weighted by atomic mass is 32.2. The van der Waals surface area contributed by atoms with Crippen molar-refractivity contribution in [2.24, 2.45) is 0 Å². The molecular formula is C20H28N2O6S. The number of alkyl carbamates (subject to hydrolysis) is 1. The van der Waals surface area contributed by atoms with Crippen LogP contribution in [0.4, 0.5) is 4.79 Å². The van der Waals surface area contributed by atoms with E-state index in [9.17, 15) is 14.4 Å². The molecule has 1 aliphatic heterocycles. The van der Waals surface area contributed by atoms with Gasteiger partial charge in [0.25, 0.3) is 0 Å². The van der Waals surface area contributed by atoms with Gasteiger partial charge < -0.3 is 19.5 Å². The first-order valence-corrected chi connectivity index (χ1v) is 10.4. The Labute approximate surface area is 175 Å². The Bertz CT molecular complexity index is 707. The van der Waals surface area contributed by atoms with Crippen molar-refractivity contribution in [3.63, 3.8) is 0 Å². The van der Waals surface area contributed by atoms with Gasteiger partial charge in [-0.3, -0.25) is 10.1 Å². The van der Waals surface area contributed by atoms with Gasteiger partial charge in [0.05, 0.1) is 12.5 Å². The molecule has 1 unspecified atom stereocenters. The van der Waals surface area contributed by atoms with Gasteiger partial charge in [0, 0.05) is 12.2 Å². The average Bonchev–Trinajstić information content (AvgIpc) is 3.13. The lowest BCUT2D eigenvalue weighted by molar-refractivity contribution is -0.147. The zero-order valence-corrected chi connectivity index (χ0v) is 17.9.